The number of hydrogen-bond acceptors (Lipinski definition) is 2. The Labute approximate surface area is 131 Å². The molecule has 2 rings (SSSR count). The third kappa shape index (κ3) is 4.68. The molecule has 0 atom stereocenters. The zero-order chi connectivity index (χ0) is 15.1. The summed E-state index contributed by atoms with van der Waals surface area (Å²) >= 11 is 3.46. The average Bonchev–Trinajstić information content (AvgIpc) is 2.49. The minimum absolute atomic E-state index is 0.269. The van der Waals surface area contributed by atoms with Crippen LogP contribution in [0.2, 0.25) is 0 Å². The van der Waals surface area contributed by atoms with E-state index in [4.69, 9.17) is 9.84 Å². The lowest BCUT2D eigenvalue weighted by Gasteiger charge is -2.07. The number of ether oxygens (including phenoxy) is 1. The van der Waals surface area contributed by atoms with Gasteiger partial charge in [-0.15, -0.1) is 0 Å². The number of aliphatic hydroxyl groups excluding tert-OH is 1. The van der Waals surface area contributed by atoms with E-state index in [0.717, 1.165) is 15.6 Å². The summed E-state index contributed by atoms with van der Waals surface area (Å²) in [6.07, 6.45) is 0. The van der Waals surface area contributed by atoms with E-state index in [1.165, 1.54) is 6.07 Å². The van der Waals surface area contributed by atoms with Gasteiger partial charge in [-0.25, -0.2) is 4.39 Å². The summed E-state index contributed by atoms with van der Waals surface area (Å²) in [4.78, 5) is 0. The topological polar surface area (TPSA) is 29.5 Å². The zero-order valence-corrected chi connectivity index (χ0v) is 12.9. The minimum atomic E-state index is -0.398. The molecule has 21 heavy (non-hydrogen) atoms. The summed E-state index contributed by atoms with van der Waals surface area (Å²) in [6, 6.07) is 12.5. The Morgan fingerprint density at radius 1 is 1.14 bits per heavy atom. The van der Waals surface area contributed by atoms with Crippen LogP contribution >= 0.6 is 15.9 Å². The van der Waals surface area contributed by atoms with Crippen molar-refractivity contribution in [1.82, 2.24) is 0 Å². The van der Waals surface area contributed by atoms with Crippen LogP contribution in [0.4, 0.5) is 4.39 Å². The molecule has 1 N–H and O–H groups in total. The zero-order valence-electron chi connectivity index (χ0n) is 11.3. The first kappa shape index (κ1) is 15.7. The molecule has 0 radical (unpaired) electrons. The summed E-state index contributed by atoms with van der Waals surface area (Å²) in [6.45, 7) is 0.550. The van der Waals surface area contributed by atoms with Crippen molar-refractivity contribution in [2.24, 2.45) is 0 Å². The van der Waals surface area contributed by atoms with Gasteiger partial charge in [0.05, 0.1) is 18.8 Å². The van der Waals surface area contributed by atoms with Gasteiger partial charge in [-0.3, -0.25) is 0 Å². The van der Waals surface area contributed by atoms with Crippen molar-refractivity contribution in [2.45, 2.75) is 13.2 Å². The molecule has 0 bridgehead atoms. The molecule has 0 saturated carbocycles. The van der Waals surface area contributed by atoms with Crippen LogP contribution in [0.25, 0.3) is 0 Å². The lowest BCUT2D eigenvalue weighted by Crippen LogP contribution is -1.96. The van der Waals surface area contributed by atoms with Gasteiger partial charge >= 0.3 is 0 Å². The second kappa shape index (κ2) is 7.94. The molecule has 0 aliphatic heterocycles. The Morgan fingerprint density at radius 2 is 1.95 bits per heavy atom. The predicted octanol–water partition coefficient (Wildman–Crippen LogP) is 3.65. The third-order valence-corrected chi connectivity index (χ3v) is 3.59. The van der Waals surface area contributed by atoms with E-state index >= 15 is 0 Å². The van der Waals surface area contributed by atoms with E-state index in [9.17, 15) is 4.39 Å². The fraction of sp³-hybridized carbons (Fsp3) is 0.176. The third-order valence-electron chi connectivity index (χ3n) is 2.82. The molecule has 0 unspecified atom stereocenters. The van der Waals surface area contributed by atoms with Gasteiger partial charge in [-0.2, -0.15) is 0 Å². The van der Waals surface area contributed by atoms with Crippen LogP contribution in [0.3, 0.4) is 0 Å². The molecule has 0 fully saturated rings. The Bertz CT molecular complexity index is 674. The molecule has 2 nitrogen and oxygen atoms in total. The Hall–Kier alpha value is -1.67. The second-order valence-corrected chi connectivity index (χ2v) is 5.21. The number of benzene rings is 2. The Morgan fingerprint density at radius 3 is 2.71 bits per heavy atom. The van der Waals surface area contributed by atoms with E-state index < -0.39 is 5.82 Å². The molecule has 0 amide bonds. The standard InChI is InChI=1S/C17H14BrFO2/c18-16-6-2-1-4-15(16)12-21-11-13-7-8-17(19)14(10-13)5-3-9-20/h1-2,4,6-8,10,20H,9,11-12H2. The second-order valence-electron chi connectivity index (χ2n) is 4.36. The van der Waals surface area contributed by atoms with Crippen LogP contribution in [0.1, 0.15) is 16.7 Å². The Kier molecular flexibility index (Phi) is 5.94. The van der Waals surface area contributed by atoms with Crippen molar-refractivity contribution in [3.63, 3.8) is 0 Å². The fourth-order valence-electron chi connectivity index (χ4n) is 1.79. The molecule has 4 heteroatoms. The van der Waals surface area contributed by atoms with Crippen molar-refractivity contribution in [3.8, 4) is 11.8 Å². The van der Waals surface area contributed by atoms with Crippen molar-refractivity contribution in [3.05, 3.63) is 69.4 Å². The normalized spacial score (nSPS) is 10.0. The lowest BCUT2D eigenvalue weighted by molar-refractivity contribution is 0.106. The largest absolute Gasteiger partial charge is 0.384 e. The molecule has 108 valence electrons. The molecule has 0 aromatic heterocycles. The van der Waals surface area contributed by atoms with Crippen LogP contribution in [-0.2, 0) is 18.0 Å². The first-order valence-electron chi connectivity index (χ1n) is 6.40. The van der Waals surface area contributed by atoms with E-state index in [1.807, 2.05) is 24.3 Å². The predicted molar refractivity (Wildman–Crippen MR) is 83.0 cm³/mol. The van der Waals surface area contributed by atoms with Gasteiger partial charge in [0.25, 0.3) is 0 Å². The van der Waals surface area contributed by atoms with Crippen LogP contribution < -0.4 is 0 Å². The van der Waals surface area contributed by atoms with Gasteiger partial charge in [0.15, 0.2) is 0 Å². The molecule has 0 saturated heterocycles. The summed E-state index contributed by atoms with van der Waals surface area (Å²) in [7, 11) is 0. The summed E-state index contributed by atoms with van der Waals surface area (Å²) in [5.41, 5.74) is 2.16. The number of halogens is 2. The monoisotopic (exact) mass is 348 g/mol. The van der Waals surface area contributed by atoms with Crippen LogP contribution in [0.5, 0.6) is 0 Å². The number of hydrogen-bond donors (Lipinski definition) is 1. The maximum absolute atomic E-state index is 13.5. The molecule has 0 heterocycles. The molecular formula is C17H14BrFO2. The highest BCUT2D eigenvalue weighted by Crippen LogP contribution is 2.17. The van der Waals surface area contributed by atoms with Crippen molar-refractivity contribution < 1.29 is 14.2 Å². The number of aliphatic hydroxyl groups is 1. The molecule has 0 aliphatic rings. The first-order chi connectivity index (χ1) is 10.2. The van der Waals surface area contributed by atoms with Crippen LogP contribution in [0.15, 0.2) is 46.9 Å². The minimum Gasteiger partial charge on any atom is -0.384 e. The SMILES string of the molecule is OCC#Cc1cc(COCc2ccccc2Br)ccc1F. The van der Waals surface area contributed by atoms with Crippen LogP contribution in [-0.4, -0.2) is 11.7 Å². The number of rotatable bonds is 4. The molecule has 0 spiro atoms. The van der Waals surface area contributed by atoms with Crippen molar-refractivity contribution in [2.75, 3.05) is 6.61 Å². The molecule has 2 aromatic rings. The molecule has 0 aliphatic carbocycles. The van der Waals surface area contributed by atoms with Crippen LogP contribution in [0, 0.1) is 17.7 Å². The quantitative estimate of drug-likeness (QED) is 0.854. The Balaban J connectivity index is 1.99. The highest BCUT2D eigenvalue weighted by atomic mass is 79.9. The fourth-order valence-corrected chi connectivity index (χ4v) is 2.19. The van der Waals surface area contributed by atoms with E-state index in [-0.39, 0.29) is 12.2 Å². The van der Waals surface area contributed by atoms with E-state index in [1.54, 1.807) is 12.1 Å². The van der Waals surface area contributed by atoms with Gasteiger partial charge in [0, 0.05) is 4.47 Å². The highest BCUT2D eigenvalue weighted by molar-refractivity contribution is 9.10. The van der Waals surface area contributed by atoms with Gasteiger partial charge in [0.2, 0.25) is 0 Å². The van der Waals surface area contributed by atoms with Gasteiger partial charge < -0.3 is 9.84 Å². The van der Waals surface area contributed by atoms with Crippen molar-refractivity contribution >= 4 is 15.9 Å². The van der Waals surface area contributed by atoms with Gasteiger partial charge in [-0.1, -0.05) is 52.0 Å². The average molecular weight is 349 g/mol. The molecular weight excluding hydrogens is 335 g/mol. The highest BCUT2D eigenvalue weighted by Gasteiger charge is 2.03. The van der Waals surface area contributed by atoms with E-state index in [2.05, 4.69) is 27.8 Å². The summed E-state index contributed by atoms with van der Waals surface area (Å²) in [5.74, 6) is 4.63. The maximum Gasteiger partial charge on any atom is 0.138 e. The maximum atomic E-state index is 13.5. The first-order valence-corrected chi connectivity index (χ1v) is 7.19. The molecule has 2 aromatic carbocycles. The van der Waals surface area contributed by atoms with Gasteiger partial charge in [-0.05, 0) is 29.3 Å². The summed E-state index contributed by atoms with van der Waals surface area (Å²) < 4.78 is 20.1. The van der Waals surface area contributed by atoms with Gasteiger partial charge in [0.1, 0.15) is 12.4 Å². The van der Waals surface area contributed by atoms with Crippen molar-refractivity contribution in [1.29, 1.82) is 0 Å². The smallest absolute Gasteiger partial charge is 0.138 e. The van der Waals surface area contributed by atoms with E-state index in [0.29, 0.717) is 13.2 Å². The lowest BCUT2D eigenvalue weighted by atomic mass is 10.1. The summed E-state index contributed by atoms with van der Waals surface area (Å²) in [5, 5.41) is 8.66.